The summed E-state index contributed by atoms with van der Waals surface area (Å²) < 4.78 is 5.76. The van der Waals surface area contributed by atoms with Gasteiger partial charge in [0.1, 0.15) is 11.5 Å². The number of likely N-dealkylation sites (N-methyl/N-ethyl adjacent to an activating group) is 1. The molecule has 1 atom stereocenters. The molecule has 180 valence electrons. The second-order valence-corrected chi connectivity index (χ2v) is 9.72. The standard InChI is InChI=1S/C28H34N2O4/c1-18(2)34-23-13-11-20(12-14-23)25-24(27(32)28(33)30(25)16-15-29(3)4)26(31)22-10-9-19-7-5-6-8-21(19)17-22/h9-14,17-18,25,31H,5-8,15-16H2,1-4H3/b26-24-. The minimum Gasteiger partial charge on any atom is -0.507 e. The first-order valence-corrected chi connectivity index (χ1v) is 12.1. The monoisotopic (exact) mass is 462 g/mol. The smallest absolute Gasteiger partial charge is 0.295 e. The maximum Gasteiger partial charge on any atom is 0.295 e. The fraction of sp³-hybridized carbons (Fsp3) is 0.429. The molecule has 2 aromatic rings. The van der Waals surface area contributed by atoms with E-state index in [0.29, 0.717) is 18.7 Å². The van der Waals surface area contributed by atoms with Crippen molar-refractivity contribution < 1.29 is 19.4 Å². The van der Waals surface area contributed by atoms with Crippen molar-refractivity contribution in [2.75, 3.05) is 27.2 Å². The number of nitrogens with zero attached hydrogens (tertiary/aromatic N) is 2. The summed E-state index contributed by atoms with van der Waals surface area (Å²) in [5, 5.41) is 11.4. The van der Waals surface area contributed by atoms with Crippen molar-refractivity contribution in [3.8, 4) is 5.75 Å². The number of aliphatic hydroxyl groups excluding tert-OH is 1. The highest BCUT2D eigenvalue weighted by Gasteiger charge is 2.45. The Balaban J connectivity index is 1.78. The normalized spacial score (nSPS) is 19.7. The second-order valence-electron chi connectivity index (χ2n) is 9.72. The van der Waals surface area contributed by atoms with Crippen molar-refractivity contribution in [2.24, 2.45) is 0 Å². The lowest BCUT2D eigenvalue weighted by molar-refractivity contribution is -0.140. The third kappa shape index (κ3) is 4.87. The van der Waals surface area contributed by atoms with E-state index in [1.54, 1.807) is 4.90 Å². The molecule has 0 aromatic heterocycles. The van der Waals surface area contributed by atoms with E-state index in [0.717, 1.165) is 30.6 Å². The van der Waals surface area contributed by atoms with E-state index >= 15 is 0 Å². The number of fused-ring (bicyclic) bond motifs is 1. The molecular formula is C28H34N2O4. The van der Waals surface area contributed by atoms with Crippen molar-refractivity contribution in [1.82, 2.24) is 9.80 Å². The molecule has 2 aliphatic rings. The quantitative estimate of drug-likeness (QED) is 0.377. The maximum absolute atomic E-state index is 13.2. The Kier molecular flexibility index (Phi) is 7.08. The summed E-state index contributed by atoms with van der Waals surface area (Å²) in [7, 11) is 3.85. The summed E-state index contributed by atoms with van der Waals surface area (Å²) in [5.74, 6) is -0.597. The van der Waals surface area contributed by atoms with Gasteiger partial charge in [-0.15, -0.1) is 0 Å². The van der Waals surface area contributed by atoms with Crippen LogP contribution in [0.15, 0.2) is 48.0 Å². The lowest BCUT2D eigenvalue weighted by Crippen LogP contribution is -2.35. The molecule has 6 nitrogen and oxygen atoms in total. The second kappa shape index (κ2) is 10.0. The Hall–Kier alpha value is -3.12. The fourth-order valence-electron chi connectivity index (χ4n) is 4.80. The van der Waals surface area contributed by atoms with Crippen LogP contribution in [0.25, 0.3) is 5.76 Å². The number of benzene rings is 2. The van der Waals surface area contributed by atoms with E-state index in [1.807, 2.05) is 75.3 Å². The highest BCUT2D eigenvalue weighted by Crippen LogP contribution is 2.40. The third-order valence-electron chi connectivity index (χ3n) is 6.52. The Morgan fingerprint density at radius 1 is 1.06 bits per heavy atom. The SMILES string of the molecule is CC(C)Oc1ccc(C2/C(=C(/O)c3ccc4c(c3)CCCC4)C(=O)C(=O)N2CCN(C)C)cc1. The Bertz CT molecular complexity index is 1100. The van der Waals surface area contributed by atoms with Gasteiger partial charge < -0.3 is 19.6 Å². The minimum absolute atomic E-state index is 0.0422. The first-order chi connectivity index (χ1) is 16.3. The molecule has 4 rings (SSSR count). The van der Waals surface area contributed by atoms with Crippen LogP contribution in [-0.2, 0) is 22.4 Å². The van der Waals surface area contributed by atoms with Crippen molar-refractivity contribution in [3.63, 3.8) is 0 Å². The van der Waals surface area contributed by atoms with Crippen molar-refractivity contribution in [3.05, 3.63) is 70.3 Å². The number of aryl methyl sites for hydroxylation is 2. The molecule has 2 aromatic carbocycles. The van der Waals surface area contributed by atoms with Gasteiger partial charge in [-0.25, -0.2) is 0 Å². The number of likely N-dealkylation sites (tertiary alicyclic amines) is 1. The van der Waals surface area contributed by atoms with Gasteiger partial charge in [0.25, 0.3) is 11.7 Å². The number of carbonyl (C=O) groups excluding carboxylic acids is 2. The van der Waals surface area contributed by atoms with Crippen LogP contribution in [0.4, 0.5) is 0 Å². The molecule has 1 saturated heterocycles. The fourth-order valence-corrected chi connectivity index (χ4v) is 4.80. The summed E-state index contributed by atoms with van der Waals surface area (Å²) in [6, 6.07) is 12.7. The number of hydrogen-bond donors (Lipinski definition) is 1. The van der Waals surface area contributed by atoms with E-state index in [2.05, 4.69) is 0 Å². The Morgan fingerprint density at radius 3 is 2.38 bits per heavy atom. The van der Waals surface area contributed by atoms with E-state index < -0.39 is 17.7 Å². The van der Waals surface area contributed by atoms with Gasteiger partial charge in [0.15, 0.2) is 0 Å². The summed E-state index contributed by atoms with van der Waals surface area (Å²) in [5.41, 5.74) is 4.03. The number of hydrogen-bond acceptors (Lipinski definition) is 5. The molecule has 6 heteroatoms. The predicted octanol–water partition coefficient (Wildman–Crippen LogP) is 4.34. The van der Waals surface area contributed by atoms with E-state index in [9.17, 15) is 14.7 Å². The summed E-state index contributed by atoms with van der Waals surface area (Å²) in [6.07, 6.45) is 4.34. The lowest BCUT2D eigenvalue weighted by Gasteiger charge is -2.27. The van der Waals surface area contributed by atoms with Crippen LogP contribution in [0.2, 0.25) is 0 Å². The van der Waals surface area contributed by atoms with Gasteiger partial charge in [0.05, 0.1) is 17.7 Å². The average Bonchev–Trinajstić information content (AvgIpc) is 3.07. The Labute approximate surface area is 201 Å². The molecule has 34 heavy (non-hydrogen) atoms. The van der Waals surface area contributed by atoms with Crippen LogP contribution in [0.3, 0.4) is 0 Å². The number of ketones is 1. The molecule has 0 bridgehead atoms. The zero-order valence-electron chi connectivity index (χ0n) is 20.5. The molecule has 0 spiro atoms. The molecule has 1 aliphatic heterocycles. The zero-order chi connectivity index (χ0) is 24.4. The van der Waals surface area contributed by atoms with E-state index in [4.69, 9.17) is 4.74 Å². The summed E-state index contributed by atoms with van der Waals surface area (Å²) >= 11 is 0. The van der Waals surface area contributed by atoms with E-state index in [1.165, 1.54) is 17.5 Å². The highest BCUT2D eigenvalue weighted by molar-refractivity contribution is 6.46. The average molecular weight is 463 g/mol. The number of amides is 1. The van der Waals surface area contributed by atoms with Crippen LogP contribution in [0, 0.1) is 0 Å². The molecule has 1 unspecified atom stereocenters. The van der Waals surface area contributed by atoms with Crippen molar-refractivity contribution in [1.29, 1.82) is 0 Å². The molecule has 1 aliphatic carbocycles. The number of ether oxygens (including phenoxy) is 1. The molecule has 1 amide bonds. The molecule has 0 saturated carbocycles. The van der Waals surface area contributed by atoms with Crippen LogP contribution < -0.4 is 4.74 Å². The van der Waals surface area contributed by atoms with Gasteiger partial charge in [0, 0.05) is 18.7 Å². The Morgan fingerprint density at radius 2 is 1.74 bits per heavy atom. The highest BCUT2D eigenvalue weighted by atomic mass is 16.5. The zero-order valence-corrected chi connectivity index (χ0v) is 20.5. The molecule has 1 heterocycles. The van der Waals surface area contributed by atoms with Crippen LogP contribution in [0.5, 0.6) is 5.75 Å². The van der Waals surface area contributed by atoms with Gasteiger partial charge in [-0.05, 0) is 88.5 Å². The number of aliphatic hydroxyl groups is 1. The van der Waals surface area contributed by atoms with Crippen LogP contribution >= 0.6 is 0 Å². The van der Waals surface area contributed by atoms with Gasteiger partial charge >= 0.3 is 0 Å². The molecular weight excluding hydrogens is 428 g/mol. The number of carbonyl (C=O) groups is 2. The maximum atomic E-state index is 13.2. The number of rotatable bonds is 7. The lowest BCUT2D eigenvalue weighted by atomic mass is 9.88. The van der Waals surface area contributed by atoms with Gasteiger partial charge in [-0.2, -0.15) is 0 Å². The molecule has 1 fully saturated rings. The summed E-state index contributed by atoms with van der Waals surface area (Å²) in [4.78, 5) is 29.8. The van der Waals surface area contributed by atoms with Gasteiger partial charge in [0.2, 0.25) is 0 Å². The first-order valence-electron chi connectivity index (χ1n) is 12.1. The number of Topliss-reactive ketones (excluding diaryl/α,β-unsaturated/α-hetero) is 1. The minimum atomic E-state index is -0.649. The third-order valence-corrected chi connectivity index (χ3v) is 6.52. The predicted molar refractivity (Wildman–Crippen MR) is 133 cm³/mol. The van der Waals surface area contributed by atoms with Gasteiger partial charge in [-0.1, -0.05) is 24.3 Å². The van der Waals surface area contributed by atoms with Gasteiger partial charge in [-0.3, -0.25) is 9.59 Å². The molecule has 1 N–H and O–H groups in total. The topological polar surface area (TPSA) is 70.1 Å². The first kappa shape index (κ1) is 24.0. The largest absolute Gasteiger partial charge is 0.507 e. The van der Waals surface area contributed by atoms with Crippen LogP contribution in [0.1, 0.15) is 55.0 Å². The van der Waals surface area contributed by atoms with Crippen molar-refractivity contribution in [2.45, 2.75) is 51.7 Å². The van der Waals surface area contributed by atoms with E-state index in [-0.39, 0.29) is 17.4 Å². The molecule has 0 radical (unpaired) electrons. The van der Waals surface area contributed by atoms with Crippen LogP contribution in [-0.4, -0.2) is 59.9 Å². The van der Waals surface area contributed by atoms with Crippen molar-refractivity contribution >= 4 is 17.4 Å². The summed E-state index contributed by atoms with van der Waals surface area (Å²) in [6.45, 7) is 4.91.